The molecule has 0 atom stereocenters. The van der Waals surface area contributed by atoms with Gasteiger partial charge in [-0.05, 0) is 28.8 Å². The van der Waals surface area contributed by atoms with E-state index in [9.17, 15) is 4.79 Å². The minimum Gasteiger partial charge on any atom is -0.312 e. The number of hydrogen-bond donors (Lipinski definition) is 1. The second kappa shape index (κ2) is 2.66. The van der Waals surface area contributed by atoms with Crippen LogP contribution in [0.2, 0.25) is 0 Å². The fourth-order valence-corrected chi connectivity index (χ4v) is 2.04. The van der Waals surface area contributed by atoms with Crippen LogP contribution >= 0.6 is 15.9 Å². The van der Waals surface area contributed by atoms with E-state index in [-0.39, 0.29) is 5.56 Å². The van der Waals surface area contributed by atoms with E-state index in [1.165, 1.54) is 6.33 Å². The lowest BCUT2D eigenvalue weighted by molar-refractivity contribution is 0.653. The molecule has 2 aromatic heterocycles. The molecule has 1 aliphatic carbocycles. The average molecular weight is 255 g/mol. The quantitative estimate of drug-likeness (QED) is 0.833. The number of rotatable bonds is 1. The van der Waals surface area contributed by atoms with Gasteiger partial charge in [0.2, 0.25) is 0 Å². The molecule has 0 spiro atoms. The van der Waals surface area contributed by atoms with E-state index in [2.05, 4.69) is 31.0 Å². The van der Waals surface area contributed by atoms with Crippen molar-refractivity contribution in [2.24, 2.45) is 0 Å². The maximum atomic E-state index is 11.5. The Kier molecular flexibility index (Phi) is 1.55. The predicted octanol–water partition coefficient (Wildman–Crippen LogP) is 1.22. The Balaban J connectivity index is 2.43. The molecular weight excluding hydrogens is 248 g/mol. The van der Waals surface area contributed by atoms with Crippen LogP contribution in [-0.4, -0.2) is 19.7 Å². The lowest BCUT2D eigenvalue weighted by Crippen LogP contribution is -2.06. The number of nitrogens with one attached hydrogen (secondary N) is 1. The largest absolute Gasteiger partial charge is 0.312 e. The van der Waals surface area contributed by atoms with Crippen molar-refractivity contribution in [3.05, 3.63) is 21.3 Å². The number of aromatic amines is 1. The van der Waals surface area contributed by atoms with Gasteiger partial charge < -0.3 is 4.98 Å². The predicted molar refractivity (Wildman–Crippen MR) is 54.1 cm³/mol. The molecule has 14 heavy (non-hydrogen) atoms. The van der Waals surface area contributed by atoms with Crippen LogP contribution in [0.3, 0.4) is 0 Å². The van der Waals surface area contributed by atoms with E-state index in [0.29, 0.717) is 21.7 Å². The van der Waals surface area contributed by atoms with Crippen LogP contribution in [0.25, 0.3) is 11.0 Å². The number of hydrogen-bond acceptors (Lipinski definition) is 3. The molecule has 2 aromatic rings. The van der Waals surface area contributed by atoms with Gasteiger partial charge in [-0.2, -0.15) is 5.10 Å². The lowest BCUT2D eigenvalue weighted by Gasteiger charge is -1.96. The molecule has 0 unspecified atom stereocenters. The Morgan fingerprint density at radius 3 is 3.07 bits per heavy atom. The van der Waals surface area contributed by atoms with E-state index < -0.39 is 0 Å². The van der Waals surface area contributed by atoms with Gasteiger partial charge >= 0.3 is 0 Å². The molecule has 0 radical (unpaired) electrons. The van der Waals surface area contributed by atoms with Crippen molar-refractivity contribution in [3.8, 4) is 0 Å². The molecule has 3 rings (SSSR count). The molecule has 0 aliphatic heterocycles. The molecule has 0 saturated heterocycles. The molecule has 72 valence electrons. The lowest BCUT2D eigenvalue weighted by atomic mass is 10.4. The second-order valence-corrected chi connectivity index (χ2v) is 4.15. The smallest absolute Gasteiger partial charge is 0.263 e. The maximum absolute atomic E-state index is 11.5. The summed E-state index contributed by atoms with van der Waals surface area (Å²) < 4.78 is 2.41. The highest BCUT2D eigenvalue weighted by atomic mass is 79.9. The first-order valence-electron chi connectivity index (χ1n) is 4.39. The minimum atomic E-state index is -0.145. The Morgan fingerprint density at radius 1 is 1.57 bits per heavy atom. The standard InChI is InChI=1S/C8H7BrN4O/c9-6-5-7(10-3-11-8(5)14)13(12-6)4-1-2-4/h3-4H,1-2H2,(H,10,11,14). The fraction of sp³-hybridized carbons (Fsp3) is 0.375. The summed E-state index contributed by atoms with van der Waals surface area (Å²) in [6.07, 6.45) is 3.66. The summed E-state index contributed by atoms with van der Waals surface area (Å²) in [7, 11) is 0. The molecule has 5 nitrogen and oxygen atoms in total. The molecule has 1 N–H and O–H groups in total. The van der Waals surface area contributed by atoms with Gasteiger partial charge in [0.15, 0.2) is 5.65 Å². The molecule has 0 aromatic carbocycles. The normalized spacial score (nSPS) is 16.4. The molecule has 1 aliphatic rings. The summed E-state index contributed by atoms with van der Waals surface area (Å²) in [6, 6.07) is 0.429. The molecule has 1 fully saturated rings. The van der Waals surface area contributed by atoms with Gasteiger partial charge in [-0.15, -0.1) is 0 Å². The van der Waals surface area contributed by atoms with Gasteiger partial charge in [-0.1, -0.05) is 0 Å². The SMILES string of the molecule is O=c1[nH]cnc2c1c(Br)nn2C1CC1. The first-order valence-corrected chi connectivity index (χ1v) is 5.18. The fourth-order valence-electron chi connectivity index (χ4n) is 1.52. The summed E-state index contributed by atoms with van der Waals surface area (Å²) in [5.74, 6) is 0. The van der Waals surface area contributed by atoms with E-state index >= 15 is 0 Å². The maximum Gasteiger partial charge on any atom is 0.263 e. The van der Waals surface area contributed by atoms with Crippen LogP contribution in [-0.2, 0) is 0 Å². The number of H-pyrrole nitrogens is 1. The van der Waals surface area contributed by atoms with E-state index in [1.807, 2.05) is 4.68 Å². The van der Waals surface area contributed by atoms with Crippen molar-refractivity contribution in [2.75, 3.05) is 0 Å². The first-order chi connectivity index (χ1) is 6.77. The minimum absolute atomic E-state index is 0.145. The summed E-state index contributed by atoms with van der Waals surface area (Å²) >= 11 is 3.27. The average Bonchev–Trinajstić information content (AvgIpc) is 2.93. The number of aromatic nitrogens is 4. The Morgan fingerprint density at radius 2 is 2.36 bits per heavy atom. The zero-order valence-electron chi connectivity index (χ0n) is 7.20. The van der Waals surface area contributed by atoms with Gasteiger partial charge in [-0.3, -0.25) is 4.79 Å². The highest BCUT2D eigenvalue weighted by Gasteiger charge is 2.28. The molecule has 0 amide bonds. The zero-order valence-corrected chi connectivity index (χ0v) is 8.78. The third-order valence-electron chi connectivity index (χ3n) is 2.34. The highest BCUT2D eigenvalue weighted by Crippen LogP contribution is 2.36. The van der Waals surface area contributed by atoms with E-state index in [4.69, 9.17) is 0 Å². The monoisotopic (exact) mass is 254 g/mol. The van der Waals surface area contributed by atoms with Gasteiger partial charge in [-0.25, -0.2) is 9.67 Å². The zero-order chi connectivity index (χ0) is 9.71. The Hall–Kier alpha value is -1.17. The third-order valence-corrected chi connectivity index (χ3v) is 2.90. The molecular formula is C8H7BrN4O. The topological polar surface area (TPSA) is 63.6 Å². The Labute approximate surface area is 87.3 Å². The van der Waals surface area contributed by atoms with Crippen LogP contribution < -0.4 is 5.56 Å². The Bertz CT molecular complexity index is 554. The third kappa shape index (κ3) is 1.03. The highest BCUT2D eigenvalue weighted by molar-refractivity contribution is 9.10. The van der Waals surface area contributed by atoms with Gasteiger partial charge in [0.05, 0.1) is 12.4 Å². The summed E-state index contributed by atoms with van der Waals surface area (Å²) in [5, 5.41) is 4.80. The molecule has 2 heterocycles. The summed E-state index contributed by atoms with van der Waals surface area (Å²) in [6.45, 7) is 0. The van der Waals surface area contributed by atoms with Crippen molar-refractivity contribution in [1.29, 1.82) is 0 Å². The molecule has 6 heteroatoms. The first kappa shape index (κ1) is 8.16. The van der Waals surface area contributed by atoms with Crippen LogP contribution in [0.15, 0.2) is 15.7 Å². The van der Waals surface area contributed by atoms with Crippen molar-refractivity contribution < 1.29 is 0 Å². The summed E-state index contributed by atoms with van der Waals surface area (Å²) in [4.78, 5) is 18.2. The van der Waals surface area contributed by atoms with Gasteiger partial charge in [0.25, 0.3) is 5.56 Å². The van der Waals surface area contributed by atoms with Crippen LogP contribution in [0.5, 0.6) is 0 Å². The summed E-state index contributed by atoms with van der Waals surface area (Å²) in [5.41, 5.74) is 0.525. The second-order valence-electron chi connectivity index (χ2n) is 3.40. The van der Waals surface area contributed by atoms with Crippen molar-refractivity contribution >= 4 is 27.0 Å². The van der Waals surface area contributed by atoms with Crippen LogP contribution in [0.1, 0.15) is 18.9 Å². The number of halogens is 1. The van der Waals surface area contributed by atoms with E-state index in [0.717, 1.165) is 12.8 Å². The van der Waals surface area contributed by atoms with Crippen molar-refractivity contribution in [3.63, 3.8) is 0 Å². The van der Waals surface area contributed by atoms with Gasteiger partial charge in [0.1, 0.15) is 9.99 Å². The van der Waals surface area contributed by atoms with Crippen LogP contribution in [0, 0.1) is 0 Å². The molecule has 0 bridgehead atoms. The van der Waals surface area contributed by atoms with Gasteiger partial charge in [0, 0.05) is 0 Å². The number of fused-ring (bicyclic) bond motifs is 1. The molecule has 1 saturated carbocycles. The van der Waals surface area contributed by atoms with Crippen LogP contribution in [0.4, 0.5) is 0 Å². The van der Waals surface area contributed by atoms with E-state index in [1.54, 1.807) is 0 Å². The van der Waals surface area contributed by atoms with Crippen molar-refractivity contribution in [2.45, 2.75) is 18.9 Å². The number of nitrogens with zero attached hydrogens (tertiary/aromatic N) is 3. The van der Waals surface area contributed by atoms with Crippen molar-refractivity contribution in [1.82, 2.24) is 19.7 Å².